The lowest BCUT2D eigenvalue weighted by Gasteiger charge is -2.48. The van der Waals surface area contributed by atoms with Crippen LogP contribution in [0, 0.1) is 0 Å². The molecular weight excluding hydrogens is 1330 g/mol. The zero-order chi connectivity index (χ0) is 72.6. The Morgan fingerprint density at radius 1 is 0.245 bits per heavy atom. The van der Waals surface area contributed by atoms with Crippen molar-refractivity contribution in [2.24, 2.45) is 0 Å². The van der Waals surface area contributed by atoms with Crippen LogP contribution in [0.2, 0.25) is 0 Å². The molecule has 0 saturated heterocycles. The summed E-state index contributed by atoms with van der Waals surface area (Å²) in [6.45, 7) is -0.284. The van der Waals surface area contributed by atoms with Gasteiger partial charge in [-0.3, -0.25) is 0 Å². The van der Waals surface area contributed by atoms with Gasteiger partial charge in [0.1, 0.15) is 0 Å². The summed E-state index contributed by atoms with van der Waals surface area (Å²) in [4.78, 5) is 13.5. The third-order valence-electron chi connectivity index (χ3n) is 26.9. The zero-order valence-electron chi connectivity index (χ0n) is 63.3. The van der Waals surface area contributed by atoms with E-state index in [4.69, 9.17) is 0 Å². The summed E-state index contributed by atoms with van der Waals surface area (Å²) in [7, 11) is 0. The molecule has 0 radical (unpaired) electrons. The van der Waals surface area contributed by atoms with Crippen molar-refractivity contribution < 1.29 is 0 Å². The number of fused-ring (bicyclic) bond motifs is 8. The van der Waals surface area contributed by atoms with E-state index in [9.17, 15) is 0 Å². The van der Waals surface area contributed by atoms with Crippen LogP contribution in [0.5, 0.6) is 0 Å². The fourth-order valence-electron chi connectivity index (χ4n) is 22.1. The van der Waals surface area contributed by atoms with Crippen molar-refractivity contribution in [3.8, 4) is 0 Å². The average molecular weight is 1420 g/mol. The molecule has 0 N–H and O–H groups in total. The Bertz CT molecular complexity index is 5100. The van der Waals surface area contributed by atoms with Crippen molar-refractivity contribution in [1.29, 1.82) is 0 Å². The molecule has 0 spiro atoms. The highest BCUT2D eigenvalue weighted by Gasteiger charge is 2.50. The second-order valence-electron chi connectivity index (χ2n) is 33.0. The lowest BCUT2D eigenvalue weighted by Crippen LogP contribution is -2.65. The van der Waals surface area contributed by atoms with Gasteiger partial charge in [0.25, 0.3) is 13.4 Å². The molecule has 4 fully saturated rings. The van der Waals surface area contributed by atoms with Gasteiger partial charge in [-0.25, -0.2) is 0 Å². The second-order valence-corrected chi connectivity index (χ2v) is 33.0. The normalized spacial score (nSPS) is 16.9. The number of nitrogens with zero attached hydrogens (tertiary/aromatic N) is 5. The fraction of sp³-hybridized carbons (Fsp3) is 0.243. The van der Waals surface area contributed by atoms with E-state index in [1.807, 2.05) is 0 Å². The monoisotopic (exact) mass is 1420 g/mol. The van der Waals surface area contributed by atoms with Gasteiger partial charge in [0.15, 0.2) is 0 Å². The zero-order valence-corrected chi connectivity index (χ0v) is 63.3. The van der Waals surface area contributed by atoms with Crippen LogP contribution in [0.3, 0.4) is 0 Å². The molecule has 0 amide bonds. The molecule has 5 nitrogen and oxygen atoms in total. The van der Waals surface area contributed by atoms with E-state index in [1.54, 1.807) is 0 Å². The Balaban J connectivity index is 0.862. The molecule has 0 bridgehead atoms. The van der Waals surface area contributed by atoms with Crippen LogP contribution in [-0.2, 0) is 0 Å². The Morgan fingerprint density at radius 2 is 0.545 bits per heavy atom. The fourth-order valence-corrected chi connectivity index (χ4v) is 22.1. The number of para-hydroxylation sites is 8. The van der Waals surface area contributed by atoms with Crippen LogP contribution in [0.1, 0.15) is 197 Å². The van der Waals surface area contributed by atoms with Crippen LogP contribution in [0.25, 0.3) is 0 Å². The number of hydrogen-bond donors (Lipinski definition) is 0. The Labute approximate surface area is 652 Å². The smallest absolute Gasteiger partial charge is 0.252 e. The summed E-state index contributed by atoms with van der Waals surface area (Å²) in [5, 5.41) is 0. The van der Waals surface area contributed by atoms with E-state index in [2.05, 4.69) is 328 Å². The lowest BCUT2D eigenvalue weighted by atomic mass is 9.30. The SMILES string of the molecule is c1ccc(N2c3ccccc3B3c4cc5c(cc4N(c4ccccc4)c4cc(C(c6ccccc6C6CCCCC6)c6ccccc6C6CCCCC6)cc2c43)N(c2ccccc2)c2cc(N(c3ccccc3C3CCCCC3)c3ccccc3C3CCCCC3)cc3c2B5c2ccccc2N3c2ccccc2)cc1. The third-order valence-corrected chi connectivity index (χ3v) is 26.9. The maximum atomic E-state index is 2.76. The number of hydrogen-bond acceptors (Lipinski definition) is 5. The van der Waals surface area contributed by atoms with E-state index in [0.29, 0.717) is 23.7 Å². The van der Waals surface area contributed by atoms with Crippen LogP contribution in [-0.4, -0.2) is 13.4 Å². The van der Waals surface area contributed by atoms with Crippen LogP contribution >= 0.6 is 0 Å². The third kappa shape index (κ3) is 11.5. The minimum atomic E-state index is -0.148. The molecule has 21 rings (SSSR count). The number of anilines is 15. The van der Waals surface area contributed by atoms with E-state index in [0.717, 1.165) is 17.1 Å². The topological polar surface area (TPSA) is 16.2 Å². The summed E-state index contributed by atoms with van der Waals surface area (Å²) in [5.41, 5.74) is 36.3. The van der Waals surface area contributed by atoms with Gasteiger partial charge in [-0.05, 0) is 250 Å². The van der Waals surface area contributed by atoms with E-state index in [-0.39, 0.29) is 19.3 Å². The van der Waals surface area contributed by atoms with Gasteiger partial charge in [0.05, 0.1) is 5.69 Å². The van der Waals surface area contributed by atoms with Crippen molar-refractivity contribution >= 4 is 132 Å². The standard InChI is InChI=1S/C103H95B2N5/c1-9-37-71(38-10-1)81-53-25-27-57-85(81)101(86-58-28-26-54-82(86)72-39-11-2-12-40-72)75-65-97-102-98(66-75)108(78-49-21-7-22-50-78)95-70-96-90(69-89(95)104(102)87-59-31-35-63-93(87)106(97)76-45-17-5-18-46-76)105-88-60-32-36-64-94(88)107(77-47-19-6-20-48-77)99-67-80(68-100(103(99)105)109(96)79-51-23-8-24-52-79)110(91-61-33-29-55-83(91)73-41-13-3-14-42-73)92-62-34-30-56-84(92)74-43-15-4-16-44-74/h5-8,17-36,45-74,101H,1-4,9-16,37-44H2. The minimum Gasteiger partial charge on any atom is -0.311 e. The predicted molar refractivity (Wildman–Crippen MR) is 466 cm³/mol. The molecular formula is C103H95B2N5. The van der Waals surface area contributed by atoms with Gasteiger partial charge in [0, 0.05) is 85.5 Å². The van der Waals surface area contributed by atoms with Crippen molar-refractivity contribution in [3.63, 3.8) is 0 Å². The largest absolute Gasteiger partial charge is 0.311 e. The van der Waals surface area contributed by atoms with Gasteiger partial charge >= 0.3 is 0 Å². The molecule has 4 aliphatic carbocycles. The Kier molecular flexibility index (Phi) is 17.6. The van der Waals surface area contributed by atoms with Crippen LogP contribution in [0.4, 0.5) is 85.3 Å². The van der Waals surface area contributed by atoms with Crippen molar-refractivity contribution in [3.05, 3.63) is 342 Å². The molecule has 0 atom stereocenters. The first-order valence-electron chi connectivity index (χ1n) is 41.9. The van der Waals surface area contributed by atoms with Crippen LogP contribution < -0.4 is 57.3 Å². The molecule has 7 heteroatoms. The predicted octanol–water partition coefficient (Wildman–Crippen LogP) is 24.7. The molecule has 0 aromatic heterocycles. The number of benzene rings is 13. The molecule has 8 aliphatic rings. The molecule has 4 aliphatic heterocycles. The summed E-state index contributed by atoms with van der Waals surface area (Å²) >= 11 is 0. The van der Waals surface area contributed by atoms with Crippen molar-refractivity contribution in [2.45, 2.75) is 158 Å². The Morgan fingerprint density at radius 3 is 0.927 bits per heavy atom. The summed E-state index contributed by atoms with van der Waals surface area (Å²) in [5.74, 6) is 1.92. The molecule has 110 heavy (non-hydrogen) atoms. The maximum absolute atomic E-state index is 2.76. The highest BCUT2D eigenvalue weighted by Crippen LogP contribution is 2.56. The minimum absolute atomic E-state index is 0.0392. The molecule has 13 aromatic rings. The average Bonchev–Trinajstić information content (AvgIpc) is 0.682. The van der Waals surface area contributed by atoms with Gasteiger partial charge < -0.3 is 24.5 Å². The molecule has 538 valence electrons. The highest BCUT2D eigenvalue weighted by atomic mass is 15.2. The highest BCUT2D eigenvalue weighted by molar-refractivity contribution is 7.03. The Hall–Kier alpha value is -11.0. The summed E-state index contributed by atoms with van der Waals surface area (Å²) in [6.07, 6.45) is 25.2. The molecule has 0 unspecified atom stereocenters. The first kappa shape index (κ1) is 67.1. The summed E-state index contributed by atoms with van der Waals surface area (Å²) in [6, 6.07) is 119. The van der Waals surface area contributed by atoms with Gasteiger partial charge in [0.2, 0.25) is 0 Å². The summed E-state index contributed by atoms with van der Waals surface area (Å²) < 4.78 is 0. The van der Waals surface area contributed by atoms with Crippen molar-refractivity contribution in [2.75, 3.05) is 24.5 Å². The van der Waals surface area contributed by atoms with E-state index >= 15 is 0 Å². The first-order valence-corrected chi connectivity index (χ1v) is 41.9. The maximum Gasteiger partial charge on any atom is 0.252 e. The molecule has 13 aromatic carbocycles. The van der Waals surface area contributed by atoms with Crippen molar-refractivity contribution in [1.82, 2.24) is 0 Å². The van der Waals surface area contributed by atoms with E-state index in [1.165, 1.54) is 268 Å². The van der Waals surface area contributed by atoms with Gasteiger partial charge in [-0.2, -0.15) is 0 Å². The second kappa shape index (κ2) is 28.8. The first-order chi connectivity index (χ1) is 54.7. The molecule has 4 heterocycles. The lowest BCUT2D eigenvalue weighted by molar-refractivity contribution is 0.438. The number of rotatable bonds is 14. The van der Waals surface area contributed by atoms with E-state index < -0.39 is 0 Å². The van der Waals surface area contributed by atoms with Crippen LogP contribution in [0.15, 0.2) is 303 Å². The van der Waals surface area contributed by atoms with Gasteiger partial charge in [-0.1, -0.05) is 277 Å². The van der Waals surface area contributed by atoms with Gasteiger partial charge in [-0.15, -0.1) is 0 Å². The molecule has 4 saturated carbocycles. The quantitative estimate of drug-likeness (QED) is 0.0794.